The van der Waals surface area contributed by atoms with Gasteiger partial charge in [-0.05, 0) is 44.0 Å². The van der Waals surface area contributed by atoms with Gasteiger partial charge in [0.1, 0.15) is 12.7 Å². The first-order chi connectivity index (χ1) is 10.3. The SMILES string of the molecule is NC(C1CCNCC1)C(CO)C1COc2ccccc2O1. The molecule has 2 aliphatic heterocycles. The largest absolute Gasteiger partial charge is 0.486 e. The maximum atomic E-state index is 9.80. The van der Waals surface area contributed by atoms with Gasteiger partial charge in [-0.15, -0.1) is 0 Å². The fourth-order valence-electron chi connectivity index (χ4n) is 3.31. The molecular weight excluding hydrogens is 268 g/mol. The Morgan fingerprint density at radius 2 is 1.95 bits per heavy atom. The number of rotatable bonds is 4. The molecule has 2 heterocycles. The van der Waals surface area contributed by atoms with Crippen LogP contribution in [0.15, 0.2) is 24.3 Å². The average Bonchev–Trinajstić information content (AvgIpc) is 2.56. The highest BCUT2D eigenvalue weighted by Gasteiger charge is 2.36. The lowest BCUT2D eigenvalue weighted by Gasteiger charge is -2.38. The summed E-state index contributed by atoms with van der Waals surface area (Å²) < 4.78 is 11.8. The Hall–Kier alpha value is -1.30. The Kier molecular flexibility index (Phi) is 4.63. The van der Waals surface area contributed by atoms with Crippen molar-refractivity contribution in [1.82, 2.24) is 5.32 Å². The minimum Gasteiger partial charge on any atom is -0.486 e. The van der Waals surface area contributed by atoms with Gasteiger partial charge in [-0.25, -0.2) is 0 Å². The van der Waals surface area contributed by atoms with E-state index in [4.69, 9.17) is 15.2 Å². The Labute approximate surface area is 125 Å². The van der Waals surface area contributed by atoms with E-state index in [2.05, 4.69) is 5.32 Å². The van der Waals surface area contributed by atoms with Gasteiger partial charge in [0.05, 0.1) is 6.61 Å². The van der Waals surface area contributed by atoms with Crippen molar-refractivity contribution in [2.45, 2.75) is 25.0 Å². The van der Waals surface area contributed by atoms with Gasteiger partial charge in [0.15, 0.2) is 11.5 Å². The van der Waals surface area contributed by atoms with E-state index in [9.17, 15) is 5.11 Å². The van der Waals surface area contributed by atoms with E-state index in [-0.39, 0.29) is 24.7 Å². The average molecular weight is 292 g/mol. The molecule has 5 heteroatoms. The van der Waals surface area contributed by atoms with Gasteiger partial charge in [0, 0.05) is 12.0 Å². The summed E-state index contributed by atoms with van der Waals surface area (Å²) in [6.45, 7) is 2.48. The minimum atomic E-state index is -0.185. The van der Waals surface area contributed by atoms with Crippen LogP contribution in [0.2, 0.25) is 0 Å². The molecule has 0 bridgehead atoms. The number of aliphatic hydroxyl groups is 1. The molecule has 1 saturated heterocycles. The molecule has 0 radical (unpaired) electrons. The van der Waals surface area contributed by atoms with Gasteiger partial charge in [-0.2, -0.15) is 0 Å². The molecule has 1 aromatic carbocycles. The van der Waals surface area contributed by atoms with Crippen molar-refractivity contribution in [3.63, 3.8) is 0 Å². The summed E-state index contributed by atoms with van der Waals surface area (Å²) in [5, 5.41) is 13.1. The van der Waals surface area contributed by atoms with Gasteiger partial charge in [-0.1, -0.05) is 12.1 Å². The number of nitrogens with two attached hydrogens (primary N) is 1. The van der Waals surface area contributed by atoms with Crippen molar-refractivity contribution in [1.29, 1.82) is 0 Å². The lowest BCUT2D eigenvalue weighted by atomic mass is 9.81. The maximum absolute atomic E-state index is 9.80. The highest BCUT2D eigenvalue weighted by molar-refractivity contribution is 5.40. The number of aliphatic hydroxyl groups excluding tert-OH is 1. The zero-order valence-corrected chi connectivity index (χ0v) is 12.2. The number of nitrogens with one attached hydrogen (secondary N) is 1. The predicted molar refractivity (Wildman–Crippen MR) is 80.5 cm³/mol. The summed E-state index contributed by atoms with van der Waals surface area (Å²) >= 11 is 0. The molecule has 0 spiro atoms. The molecule has 2 aliphatic rings. The van der Waals surface area contributed by atoms with Crippen LogP contribution >= 0.6 is 0 Å². The molecule has 116 valence electrons. The monoisotopic (exact) mass is 292 g/mol. The highest BCUT2D eigenvalue weighted by atomic mass is 16.6. The number of ether oxygens (including phenoxy) is 2. The van der Waals surface area contributed by atoms with E-state index in [0.717, 1.165) is 37.4 Å². The molecular formula is C16H24N2O3. The number of fused-ring (bicyclic) bond motifs is 1. The van der Waals surface area contributed by atoms with Crippen molar-refractivity contribution in [3.05, 3.63) is 24.3 Å². The zero-order valence-electron chi connectivity index (χ0n) is 12.2. The molecule has 21 heavy (non-hydrogen) atoms. The van der Waals surface area contributed by atoms with E-state index in [0.29, 0.717) is 12.5 Å². The summed E-state index contributed by atoms with van der Waals surface area (Å²) in [7, 11) is 0. The predicted octanol–water partition coefficient (Wildman–Crippen LogP) is 0.762. The van der Waals surface area contributed by atoms with Crippen LogP contribution in [-0.2, 0) is 0 Å². The molecule has 0 aromatic heterocycles. The summed E-state index contributed by atoms with van der Waals surface area (Å²) in [5.41, 5.74) is 6.43. The van der Waals surface area contributed by atoms with Gasteiger partial charge >= 0.3 is 0 Å². The number of para-hydroxylation sites is 2. The summed E-state index contributed by atoms with van der Waals surface area (Å²) in [5.74, 6) is 1.84. The normalized spacial score (nSPS) is 25.3. The molecule has 3 unspecified atom stereocenters. The third kappa shape index (κ3) is 3.15. The van der Waals surface area contributed by atoms with Crippen LogP contribution in [0.3, 0.4) is 0 Å². The first kappa shape index (κ1) is 14.6. The van der Waals surface area contributed by atoms with Gasteiger partial charge in [0.2, 0.25) is 0 Å². The van der Waals surface area contributed by atoms with Crippen LogP contribution in [0.1, 0.15) is 12.8 Å². The topological polar surface area (TPSA) is 76.7 Å². The molecule has 3 atom stereocenters. The first-order valence-electron chi connectivity index (χ1n) is 7.75. The third-order valence-electron chi connectivity index (χ3n) is 4.64. The first-order valence-corrected chi connectivity index (χ1v) is 7.75. The van der Waals surface area contributed by atoms with Crippen LogP contribution in [-0.4, -0.2) is 43.6 Å². The van der Waals surface area contributed by atoms with Crippen LogP contribution in [0.4, 0.5) is 0 Å². The fraction of sp³-hybridized carbons (Fsp3) is 0.625. The zero-order chi connectivity index (χ0) is 14.7. The van der Waals surface area contributed by atoms with E-state index in [1.54, 1.807) is 0 Å². The Balaban J connectivity index is 1.69. The van der Waals surface area contributed by atoms with Crippen LogP contribution < -0.4 is 20.5 Å². The summed E-state index contributed by atoms with van der Waals surface area (Å²) in [4.78, 5) is 0. The van der Waals surface area contributed by atoms with E-state index in [1.165, 1.54) is 0 Å². The number of benzene rings is 1. The number of hydrogen-bond donors (Lipinski definition) is 3. The fourth-order valence-corrected chi connectivity index (χ4v) is 3.31. The van der Waals surface area contributed by atoms with Crippen molar-refractivity contribution >= 4 is 0 Å². The maximum Gasteiger partial charge on any atom is 0.161 e. The summed E-state index contributed by atoms with van der Waals surface area (Å²) in [6.07, 6.45) is 1.93. The quantitative estimate of drug-likeness (QED) is 0.764. The molecule has 0 aliphatic carbocycles. The second-order valence-corrected chi connectivity index (χ2v) is 5.93. The molecule has 3 rings (SSSR count). The standard InChI is InChI=1S/C16H24N2O3/c17-16(11-5-7-18-8-6-11)12(9-19)15-10-20-13-3-1-2-4-14(13)21-15/h1-4,11-12,15-16,18-19H,5-10,17H2. The van der Waals surface area contributed by atoms with E-state index in [1.807, 2.05) is 24.3 Å². The lowest BCUT2D eigenvalue weighted by Crippen LogP contribution is -2.51. The Morgan fingerprint density at radius 3 is 2.67 bits per heavy atom. The Morgan fingerprint density at radius 1 is 1.24 bits per heavy atom. The minimum absolute atomic E-state index is 0.0291. The van der Waals surface area contributed by atoms with Crippen LogP contribution in [0.5, 0.6) is 11.5 Å². The molecule has 0 saturated carbocycles. The molecule has 1 aromatic rings. The van der Waals surface area contributed by atoms with Crippen molar-refractivity contribution in [2.75, 3.05) is 26.3 Å². The van der Waals surface area contributed by atoms with Gasteiger partial charge in [0.25, 0.3) is 0 Å². The van der Waals surface area contributed by atoms with Crippen LogP contribution in [0.25, 0.3) is 0 Å². The van der Waals surface area contributed by atoms with Crippen molar-refractivity contribution in [3.8, 4) is 11.5 Å². The third-order valence-corrected chi connectivity index (χ3v) is 4.64. The van der Waals surface area contributed by atoms with Crippen LogP contribution in [0, 0.1) is 11.8 Å². The van der Waals surface area contributed by atoms with Gasteiger partial charge < -0.3 is 25.6 Å². The van der Waals surface area contributed by atoms with Crippen molar-refractivity contribution in [2.24, 2.45) is 17.6 Å². The smallest absolute Gasteiger partial charge is 0.161 e. The second-order valence-electron chi connectivity index (χ2n) is 5.93. The van der Waals surface area contributed by atoms with E-state index >= 15 is 0 Å². The molecule has 1 fully saturated rings. The Bertz CT molecular complexity index is 463. The number of hydrogen-bond acceptors (Lipinski definition) is 5. The molecule has 4 N–H and O–H groups in total. The number of piperidine rings is 1. The molecule has 5 nitrogen and oxygen atoms in total. The molecule has 0 amide bonds. The van der Waals surface area contributed by atoms with Gasteiger partial charge in [-0.3, -0.25) is 0 Å². The highest BCUT2D eigenvalue weighted by Crippen LogP contribution is 2.34. The lowest BCUT2D eigenvalue weighted by molar-refractivity contribution is 0.00372. The second kappa shape index (κ2) is 6.64. The van der Waals surface area contributed by atoms with E-state index < -0.39 is 0 Å². The van der Waals surface area contributed by atoms with Crippen molar-refractivity contribution < 1.29 is 14.6 Å². The summed E-state index contributed by atoms with van der Waals surface area (Å²) in [6, 6.07) is 7.58.